The summed E-state index contributed by atoms with van der Waals surface area (Å²) in [4.78, 5) is 26.1. The Hall–Kier alpha value is -3.62. The summed E-state index contributed by atoms with van der Waals surface area (Å²) in [6.07, 6.45) is 2.02. The Bertz CT molecular complexity index is 1370. The summed E-state index contributed by atoms with van der Waals surface area (Å²) in [5.41, 5.74) is 2.24. The van der Waals surface area contributed by atoms with Gasteiger partial charge in [-0.15, -0.1) is 11.8 Å². The maximum atomic E-state index is 12.6. The highest BCUT2D eigenvalue weighted by molar-refractivity contribution is 8.00. The molecule has 4 aromatic rings. The summed E-state index contributed by atoms with van der Waals surface area (Å²) in [7, 11) is 3.09. The predicted molar refractivity (Wildman–Crippen MR) is 145 cm³/mol. The largest absolute Gasteiger partial charge is 0.493 e. The van der Waals surface area contributed by atoms with E-state index in [-0.39, 0.29) is 17.6 Å². The zero-order valence-electron chi connectivity index (χ0n) is 19.9. The number of benzene rings is 3. The number of carbonyl (C=O) groups excluding carboxylic acids is 2. The van der Waals surface area contributed by atoms with Gasteiger partial charge in [0.15, 0.2) is 11.5 Å². The van der Waals surface area contributed by atoms with Gasteiger partial charge >= 0.3 is 0 Å². The van der Waals surface area contributed by atoms with Crippen molar-refractivity contribution in [2.75, 3.05) is 31.8 Å². The number of halogens is 1. The maximum absolute atomic E-state index is 12.6. The number of amides is 2. The van der Waals surface area contributed by atoms with E-state index in [0.29, 0.717) is 40.9 Å². The second-order valence-corrected chi connectivity index (χ2v) is 9.33. The normalized spacial score (nSPS) is 10.8. The van der Waals surface area contributed by atoms with Crippen LogP contribution in [0.3, 0.4) is 0 Å². The first-order valence-electron chi connectivity index (χ1n) is 11.2. The zero-order valence-corrected chi connectivity index (χ0v) is 21.5. The van der Waals surface area contributed by atoms with E-state index in [9.17, 15) is 9.59 Å². The van der Waals surface area contributed by atoms with Crippen molar-refractivity contribution in [1.82, 2.24) is 9.88 Å². The van der Waals surface area contributed by atoms with Crippen molar-refractivity contribution in [3.05, 3.63) is 83.5 Å². The van der Waals surface area contributed by atoms with Crippen LogP contribution < -0.4 is 20.1 Å². The number of rotatable bonds is 10. The van der Waals surface area contributed by atoms with Crippen LogP contribution >= 0.6 is 23.4 Å². The van der Waals surface area contributed by atoms with E-state index in [1.807, 2.05) is 30.5 Å². The lowest BCUT2D eigenvalue weighted by Crippen LogP contribution is -2.27. The van der Waals surface area contributed by atoms with Gasteiger partial charge in [0.25, 0.3) is 5.91 Å². The molecule has 0 atom stereocenters. The third kappa shape index (κ3) is 6.13. The lowest BCUT2D eigenvalue weighted by Gasteiger charge is -2.10. The summed E-state index contributed by atoms with van der Waals surface area (Å²) < 4.78 is 12.6. The van der Waals surface area contributed by atoms with Crippen molar-refractivity contribution in [1.29, 1.82) is 0 Å². The Labute approximate surface area is 218 Å². The molecule has 0 unspecified atom stereocenters. The molecular formula is C27H26ClN3O4S. The van der Waals surface area contributed by atoms with Crippen LogP contribution in [0.1, 0.15) is 10.4 Å². The lowest BCUT2D eigenvalue weighted by atomic mass is 10.2. The van der Waals surface area contributed by atoms with E-state index in [1.165, 1.54) is 18.9 Å². The highest BCUT2D eigenvalue weighted by Crippen LogP contribution is 2.30. The summed E-state index contributed by atoms with van der Waals surface area (Å²) >= 11 is 7.38. The second-order valence-electron chi connectivity index (χ2n) is 7.87. The molecule has 9 heteroatoms. The van der Waals surface area contributed by atoms with E-state index in [4.69, 9.17) is 21.1 Å². The van der Waals surface area contributed by atoms with Crippen LogP contribution in [0, 0.1) is 0 Å². The van der Waals surface area contributed by atoms with Crippen molar-refractivity contribution >= 4 is 51.8 Å². The number of anilines is 1. The van der Waals surface area contributed by atoms with Gasteiger partial charge in [0.1, 0.15) is 0 Å². The zero-order chi connectivity index (χ0) is 25.5. The van der Waals surface area contributed by atoms with Gasteiger partial charge in [0.2, 0.25) is 5.91 Å². The maximum Gasteiger partial charge on any atom is 0.251 e. The van der Waals surface area contributed by atoms with Crippen LogP contribution in [0.5, 0.6) is 11.5 Å². The second kappa shape index (κ2) is 11.9. The van der Waals surface area contributed by atoms with Gasteiger partial charge < -0.3 is 24.7 Å². The first kappa shape index (κ1) is 25.5. The molecule has 0 saturated heterocycles. The number of nitrogens with one attached hydrogen (secondary N) is 2. The number of carbonyl (C=O) groups is 2. The van der Waals surface area contributed by atoms with Crippen molar-refractivity contribution < 1.29 is 19.1 Å². The van der Waals surface area contributed by atoms with Crippen LogP contribution in [0.4, 0.5) is 5.69 Å². The SMILES string of the molecule is COc1ccc(C(=O)NCCn2cc(SCC(=O)Nc3ccc(Cl)cc3)c3ccccc32)cc1OC. The standard InChI is InChI=1S/C27H26ClN3O4S/c1-34-23-12-7-18(15-24(23)35-2)27(33)29-13-14-31-16-25(21-5-3-4-6-22(21)31)36-17-26(32)30-20-10-8-19(28)9-11-20/h3-12,15-16H,13-14,17H2,1-2H3,(H,29,33)(H,30,32). The topological polar surface area (TPSA) is 81.6 Å². The van der Waals surface area contributed by atoms with Crippen molar-refractivity contribution in [2.45, 2.75) is 11.4 Å². The molecule has 2 N–H and O–H groups in total. The number of nitrogens with zero attached hydrogens (tertiary/aromatic N) is 1. The summed E-state index contributed by atoms with van der Waals surface area (Å²) in [6.45, 7) is 1.02. The number of para-hydroxylation sites is 1. The number of ether oxygens (including phenoxy) is 2. The van der Waals surface area contributed by atoms with Crippen LogP contribution in [0.15, 0.2) is 77.8 Å². The summed E-state index contributed by atoms with van der Waals surface area (Å²) in [5, 5.41) is 7.52. The van der Waals surface area contributed by atoms with Gasteiger partial charge in [-0.25, -0.2) is 0 Å². The van der Waals surface area contributed by atoms with Crippen molar-refractivity contribution in [2.24, 2.45) is 0 Å². The fourth-order valence-corrected chi connectivity index (χ4v) is 4.77. The number of hydrogen-bond donors (Lipinski definition) is 2. The molecule has 0 saturated carbocycles. The molecule has 0 aliphatic heterocycles. The summed E-state index contributed by atoms with van der Waals surface area (Å²) in [6, 6.07) is 20.1. The minimum atomic E-state index is -0.194. The van der Waals surface area contributed by atoms with Crippen LogP contribution in [-0.4, -0.2) is 42.9 Å². The Morgan fingerprint density at radius 2 is 1.72 bits per heavy atom. The van der Waals surface area contributed by atoms with Crippen molar-refractivity contribution in [3.8, 4) is 11.5 Å². The molecule has 1 aromatic heterocycles. The van der Waals surface area contributed by atoms with Crippen LogP contribution in [0.2, 0.25) is 5.02 Å². The molecule has 0 spiro atoms. The first-order chi connectivity index (χ1) is 17.5. The highest BCUT2D eigenvalue weighted by atomic mass is 35.5. The minimum Gasteiger partial charge on any atom is -0.493 e. The Balaban J connectivity index is 1.38. The molecule has 0 aliphatic carbocycles. The third-order valence-corrected chi connectivity index (χ3v) is 6.82. The van der Waals surface area contributed by atoms with E-state index in [1.54, 1.807) is 49.6 Å². The Morgan fingerprint density at radius 1 is 0.972 bits per heavy atom. The highest BCUT2D eigenvalue weighted by Gasteiger charge is 2.13. The van der Waals surface area contributed by atoms with Crippen molar-refractivity contribution in [3.63, 3.8) is 0 Å². The Kier molecular flexibility index (Phi) is 8.40. The van der Waals surface area contributed by atoms with E-state index in [2.05, 4.69) is 15.2 Å². The smallest absolute Gasteiger partial charge is 0.251 e. The minimum absolute atomic E-state index is 0.0960. The van der Waals surface area contributed by atoms with E-state index < -0.39 is 0 Å². The number of aromatic nitrogens is 1. The fourth-order valence-electron chi connectivity index (χ4n) is 3.76. The van der Waals surface area contributed by atoms with Gasteiger partial charge in [0, 0.05) is 51.4 Å². The van der Waals surface area contributed by atoms with Gasteiger partial charge in [-0.05, 0) is 48.5 Å². The molecular weight excluding hydrogens is 498 g/mol. The van der Waals surface area contributed by atoms with Gasteiger partial charge in [-0.1, -0.05) is 29.8 Å². The van der Waals surface area contributed by atoms with E-state index >= 15 is 0 Å². The Morgan fingerprint density at radius 3 is 2.47 bits per heavy atom. The predicted octanol–water partition coefficient (Wildman–Crippen LogP) is 5.47. The molecule has 0 bridgehead atoms. The van der Waals surface area contributed by atoms with Gasteiger partial charge in [-0.3, -0.25) is 9.59 Å². The molecule has 4 rings (SSSR count). The molecule has 3 aromatic carbocycles. The fraction of sp³-hybridized carbons (Fsp3) is 0.185. The molecule has 2 amide bonds. The summed E-state index contributed by atoms with van der Waals surface area (Å²) in [5.74, 6) is 1.05. The molecule has 0 radical (unpaired) electrons. The van der Waals surface area contributed by atoms with Gasteiger partial charge in [0.05, 0.1) is 20.0 Å². The third-order valence-electron chi connectivity index (χ3n) is 5.52. The molecule has 186 valence electrons. The average molecular weight is 524 g/mol. The van der Waals surface area contributed by atoms with E-state index in [0.717, 1.165) is 15.8 Å². The first-order valence-corrected chi connectivity index (χ1v) is 12.6. The molecule has 0 fully saturated rings. The molecule has 1 heterocycles. The van der Waals surface area contributed by atoms with Crippen LogP contribution in [0.25, 0.3) is 10.9 Å². The molecule has 7 nitrogen and oxygen atoms in total. The quantitative estimate of drug-likeness (QED) is 0.269. The number of fused-ring (bicyclic) bond motifs is 1. The molecule has 36 heavy (non-hydrogen) atoms. The molecule has 0 aliphatic rings. The van der Waals surface area contributed by atoms with Crippen LogP contribution in [-0.2, 0) is 11.3 Å². The monoisotopic (exact) mass is 523 g/mol. The number of methoxy groups -OCH3 is 2. The van der Waals surface area contributed by atoms with Gasteiger partial charge in [-0.2, -0.15) is 0 Å². The lowest BCUT2D eigenvalue weighted by molar-refractivity contribution is -0.113. The number of thioether (sulfide) groups is 1. The average Bonchev–Trinajstić information content (AvgIpc) is 3.26. The number of hydrogen-bond acceptors (Lipinski definition) is 5.